The first-order valence-electron chi connectivity index (χ1n) is 12.6. The smallest absolute Gasteiger partial charge is 0.424 e. The van der Waals surface area contributed by atoms with Gasteiger partial charge in [0.15, 0.2) is 0 Å². The Balaban J connectivity index is 1.59. The van der Waals surface area contributed by atoms with Crippen molar-refractivity contribution in [1.82, 2.24) is 15.3 Å². The van der Waals surface area contributed by atoms with Gasteiger partial charge in [-0.25, -0.2) is 9.37 Å². The first-order chi connectivity index (χ1) is 19.6. The lowest BCUT2D eigenvalue weighted by atomic mass is 9.81. The Kier molecular flexibility index (Phi) is 6.80. The standard InChI is InChI=1S/C29H24F4N4O5/c1-14-7-16-8-17(9-20(38)22(16)35-11-14)25(39)36-12-28(41,29(31,32)33)21-10-19-24(42-13-27(19,2)26(34)40)23(37-21)15-3-5-18(30)6-4-15/h3-11,38,41H,12-13H2,1-2H3,(H2,34,40)(H,36,39)/t27-,28?/m0/s1. The number of aryl methyl sites for hydroxylation is 1. The predicted molar refractivity (Wildman–Crippen MR) is 142 cm³/mol. The number of aromatic nitrogens is 2. The molecule has 0 bridgehead atoms. The number of phenols is 1. The Hall–Kier alpha value is -4.78. The van der Waals surface area contributed by atoms with Gasteiger partial charge in [0, 0.05) is 28.3 Å². The number of primary amides is 1. The van der Waals surface area contributed by atoms with Crippen LogP contribution in [0.2, 0.25) is 0 Å². The number of carbonyl (C=O) groups is 2. The molecule has 0 radical (unpaired) electrons. The average Bonchev–Trinajstić information content (AvgIpc) is 3.28. The Morgan fingerprint density at radius 3 is 2.48 bits per heavy atom. The summed E-state index contributed by atoms with van der Waals surface area (Å²) in [7, 11) is 0. The largest absolute Gasteiger partial charge is 0.506 e. The minimum atomic E-state index is -5.38. The highest BCUT2D eigenvalue weighted by molar-refractivity contribution is 6.00. The third kappa shape index (κ3) is 4.75. The van der Waals surface area contributed by atoms with E-state index in [2.05, 4.69) is 15.3 Å². The lowest BCUT2D eigenvalue weighted by Gasteiger charge is -2.31. The zero-order valence-electron chi connectivity index (χ0n) is 22.2. The second-order valence-electron chi connectivity index (χ2n) is 10.3. The number of carbonyl (C=O) groups excluding carboxylic acids is 2. The molecule has 0 saturated heterocycles. The van der Waals surface area contributed by atoms with Gasteiger partial charge >= 0.3 is 6.18 Å². The summed E-state index contributed by atoms with van der Waals surface area (Å²) in [5.74, 6) is -2.95. The van der Waals surface area contributed by atoms with Gasteiger partial charge in [0.1, 0.15) is 40.5 Å². The van der Waals surface area contributed by atoms with E-state index in [-0.39, 0.29) is 46.0 Å². The van der Waals surface area contributed by atoms with E-state index in [0.717, 1.165) is 29.8 Å². The maximum Gasteiger partial charge on any atom is 0.424 e. The van der Waals surface area contributed by atoms with Crippen LogP contribution in [0, 0.1) is 12.7 Å². The van der Waals surface area contributed by atoms with E-state index in [1.165, 1.54) is 31.3 Å². The number of nitrogens with two attached hydrogens (primary N) is 1. The SMILES string of the molecule is Cc1cnc2c(O)cc(C(=O)NCC(O)(c3cc4c(c(-c5ccc(F)cc5)n3)OC[C@]4(C)C(N)=O)C(F)(F)F)cc2c1. The van der Waals surface area contributed by atoms with Gasteiger partial charge in [-0.3, -0.25) is 14.6 Å². The fraction of sp³-hybridized carbons (Fsp3) is 0.241. The second-order valence-corrected chi connectivity index (χ2v) is 10.3. The summed E-state index contributed by atoms with van der Waals surface area (Å²) >= 11 is 0. The van der Waals surface area contributed by atoms with Crippen molar-refractivity contribution in [3.8, 4) is 22.8 Å². The molecule has 0 spiro atoms. The zero-order valence-corrected chi connectivity index (χ0v) is 22.2. The van der Waals surface area contributed by atoms with Gasteiger partial charge in [-0.2, -0.15) is 13.2 Å². The minimum absolute atomic E-state index is 0.0456. The Labute approximate surface area is 236 Å². The molecule has 0 saturated carbocycles. The number of hydrogen-bond acceptors (Lipinski definition) is 7. The first kappa shape index (κ1) is 28.7. The van der Waals surface area contributed by atoms with Crippen molar-refractivity contribution < 1.29 is 42.1 Å². The number of fused-ring (bicyclic) bond motifs is 2. The highest BCUT2D eigenvalue weighted by Crippen LogP contribution is 2.47. The first-order valence-corrected chi connectivity index (χ1v) is 12.6. The van der Waals surface area contributed by atoms with Gasteiger partial charge in [0.05, 0.1) is 12.2 Å². The summed E-state index contributed by atoms with van der Waals surface area (Å²) in [5.41, 5.74) is -0.0902. The van der Waals surface area contributed by atoms with Crippen LogP contribution in [-0.4, -0.2) is 51.3 Å². The summed E-state index contributed by atoms with van der Waals surface area (Å²) < 4.78 is 63.0. The molecule has 42 heavy (non-hydrogen) atoms. The number of pyridine rings is 2. The summed E-state index contributed by atoms with van der Waals surface area (Å²) in [6.07, 6.45) is -3.87. The molecule has 3 heterocycles. The molecular weight excluding hydrogens is 560 g/mol. The van der Waals surface area contributed by atoms with E-state index in [4.69, 9.17) is 10.5 Å². The lowest BCUT2D eigenvalue weighted by molar-refractivity contribution is -0.265. The molecule has 1 aliphatic heterocycles. The molecule has 0 fully saturated rings. The molecule has 2 aromatic heterocycles. The minimum Gasteiger partial charge on any atom is -0.506 e. The molecule has 218 valence electrons. The fourth-order valence-electron chi connectivity index (χ4n) is 4.72. The monoisotopic (exact) mass is 584 g/mol. The Bertz CT molecular complexity index is 1750. The van der Waals surface area contributed by atoms with E-state index in [1.807, 2.05) is 0 Å². The van der Waals surface area contributed by atoms with Gasteiger partial charge < -0.3 is 26.0 Å². The highest BCUT2D eigenvalue weighted by atomic mass is 19.4. The topological polar surface area (TPSA) is 148 Å². The van der Waals surface area contributed by atoms with Crippen LogP contribution in [0.25, 0.3) is 22.2 Å². The number of aliphatic hydroxyl groups is 1. The van der Waals surface area contributed by atoms with Crippen molar-refractivity contribution in [3.05, 3.63) is 82.9 Å². The van der Waals surface area contributed by atoms with Gasteiger partial charge in [-0.1, -0.05) is 0 Å². The molecule has 13 heteroatoms. The number of halogens is 4. The molecule has 2 aromatic carbocycles. The molecule has 1 unspecified atom stereocenters. The third-order valence-electron chi connectivity index (χ3n) is 7.29. The number of nitrogens with zero attached hydrogens (tertiary/aromatic N) is 2. The van der Waals surface area contributed by atoms with Crippen LogP contribution in [0.5, 0.6) is 11.5 Å². The number of hydrogen-bond donors (Lipinski definition) is 4. The molecule has 2 amide bonds. The van der Waals surface area contributed by atoms with Crippen LogP contribution in [0.15, 0.2) is 54.7 Å². The molecule has 1 aliphatic rings. The van der Waals surface area contributed by atoms with E-state index >= 15 is 0 Å². The van der Waals surface area contributed by atoms with Crippen molar-refractivity contribution in [2.75, 3.05) is 13.2 Å². The molecule has 4 aromatic rings. The molecule has 5 rings (SSSR count). The number of benzene rings is 2. The quantitative estimate of drug-likeness (QED) is 0.252. The summed E-state index contributed by atoms with van der Waals surface area (Å²) in [4.78, 5) is 33.5. The van der Waals surface area contributed by atoms with Crippen molar-refractivity contribution in [2.24, 2.45) is 5.73 Å². The van der Waals surface area contributed by atoms with Crippen molar-refractivity contribution in [3.63, 3.8) is 0 Å². The summed E-state index contributed by atoms with van der Waals surface area (Å²) in [5, 5.41) is 23.9. The van der Waals surface area contributed by atoms with E-state index in [9.17, 15) is 37.4 Å². The number of amides is 2. The van der Waals surface area contributed by atoms with Gasteiger partial charge in [0.2, 0.25) is 11.5 Å². The van der Waals surface area contributed by atoms with Crippen LogP contribution < -0.4 is 15.8 Å². The van der Waals surface area contributed by atoms with Crippen molar-refractivity contribution in [1.29, 1.82) is 0 Å². The average molecular weight is 585 g/mol. The summed E-state index contributed by atoms with van der Waals surface area (Å²) in [6, 6.07) is 9.51. The second kappa shape index (κ2) is 9.94. The predicted octanol–water partition coefficient (Wildman–Crippen LogP) is 3.77. The normalized spacial score (nSPS) is 17.8. The zero-order chi connectivity index (χ0) is 30.6. The highest BCUT2D eigenvalue weighted by Gasteiger charge is 2.57. The molecule has 2 atom stereocenters. The molecule has 9 nitrogen and oxygen atoms in total. The van der Waals surface area contributed by atoms with Gasteiger partial charge in [-0.05, 0) is 67.9 Å². The third-order valence-corrected chi connectivity index (χ3v) is 7.29. The van der Waals surface area contributed by atoms with Crippen LogP contribution >= 0.6 is 0 Å². The number of nitrogens with one attached hydrogen (secondary N) is 1. The fourth-order valence-corrected chi connectivity index (χ4v) is 4.72. The van der Waals surface area contributed by atoms with Crippen LogP contribution in [0.4, 0.5) is 17.6 Å². The maximum atomic E-state index is 14.6. The van der Waals surface area contributed by atoms with E-state index in [0.29, 0.717) is 5.39 Å². The number of aromatic hydroxyl groups is 1. The number of rotatable bonds is 6. The van der Waals surface area contributed by atoms with Crippen LogP contribution in [0.1, 0.15) is 34.1 Å². The van der Waals surface area contributed by atoms with Gasteiger partial charge in [0.25, 0.3) is 5.91 Å². The lowest BCUT2D eigenvalue weighted by Crippen LogP contribution is -2.51. The molecule has 0 aliphatic carbocycles. The molecular formula is C29H24F4N4O5. The van der Waals surface area contributed by atoms with Crippen LogP contribution in [-0.2, 0) is 15.8 Å². The summed E-state index contributed by atoms with van der Waals surface area (Å²) in [6.45, 7) is 1.41. The Morgan fingerprint density at radius 1 is 1.14 bits per heavy atom. The van der Waals surface area contributed by atoms with Crippen molar-refractivity contribution >= 4 is 22.7 Å². The van der Waals surface area contributed by atoms with E-state index < -0.39 is 47.1 Å². The van der Waals surface area contributed by atoms with E-state index in [1.54, 1.807) is 13.0 Å². The number of alkyl halides is 3. The number of ether oxygens (including phenoxy) is 1. The Morgan fingerprint density at radius 2 is 1.83 bits per heavy atom. The molecule has 5 N–H and O–H groups in total. The van der Waals surface area contributed by atoms with Crippen LogP contribution in [0.3, 0.4) is 0 Å². The van der Waals surface area contributed by atoms with Crippen molar-refractivity contribution in [2.45, 2.75) is 31.0 Å². The number of phenolic OH excluding ortho intramolecular Hbond substituents is 1. The maximum absolute atomic E-state index is 14.6. The van der Waals surface area contributed by atoms with Gasteiger partial charge in [-0.15, -0.1) is 0 Å².